The van der Waals surface area contributed by atoms with Crippen LogP contribution in [0.5, 0.6) is 0 Å². The molecule has 0 aliphatic carbocycles. The maximum atomic E-state index is 13.5. The highest BCUT2D eigenvalue weighted by molar-refractivity contribution is 5.97. The summed E-state index contributed by atoms with van der Waals surface area (Å²) in [4.78, 5) is 26.7. The molecule has 0 spiro atoms. The van der Waals surface area contributed by atoms with Crippen molar-refractivity contribution in [1.82, 2.24) is 29.9 Å². The van der Waals surface area contributed by atoms with Crippen molar-refractivity contribution < 1.29 is 23.1 Å². The maximum Gasteiger partial charge on any atom is 0.422 e. The minimum Gasteiger partial charge on any atom is -0.375 e. The maximum absolute atomic E-state index is 13.5. The standard InChI is InChI=1S/C23H24F3N7O2/c1-22(35,23(24,25)26)19-12-28-20(13-27-19)32-11-7-15-6-10-31(14-18(15)32)21(34)16-4-2-3-5-17(16)33-29-8-9-30-33/h2-5,8-9,12-13,15,18,35H,6-7,10-11,14H2,1H3/t15-,18-,22?/m0/s1. The number of anilines is 1. The minimum absolute atomic E-state index is 0.0361. The number of benzene rings is 1. The SMILES string of the molecule is CC(O)(c1cnc(N2CC[C@@H]3CCN(C(=O)c4ccccc4-n4nccn4)C[C@@H]32)cn1)C(F)(F)F. The lowest BCUT2D eigenvalue weighted by atomic mass is 9.91. The van der Waals surface area contributed by atoms with Gasteiger partial charge in [0.2, 0.25) is 5.60 Å². The quantitative estimate of drug-likeness (QED) is 0.604. The molecular weight excluding hydrogens is 463 g/mol. The molecule has 2 aliphatic rings. The van der Waals surface area contributed by atoms with E-state index in [0.717, 1.165) is 19.0 Å². The predicted molar refractivity (Wildman–Crippen MR) is 119 cm³/mol. The van der Waals surface area contributed by atoms with Gasteiger partial charge in [0, 0.05) is 19.6 Å². The number of rotatable bonds is 4. The number of nitrogens with zero attached hydrogens (tertiary/aromatic N) is 7. The van der Waals surface area contributed by atoms with Crippen LogP contribution in [0.25, 0.3) is 5.69 Å². The Kier molecular flexibility index (Phi) is 5.70. The molecule has 2 aliphatic heterocycles. The van der Waals surface area contributed by atoms with Crippen LogP contribution in [0.1, 0.15) is 35.8 Å². The van der Waals surface area contributed by atoms with Crippen LogP contribution in [0.3, 0.4) is 0 Å². The largest absolute Gasteiger partial charge is 0.422 e. The second-order valence-electron chi connectivity index (χ2n) is 9.01. The zero-order chi connectivity index (χ0) is 24.8. The van der Waals surface area contributed by atoms with E-state index in [-0.39, 0.29) is 11.9 Å². The summed E-state index contributed by atoms with van der Waals surface area (Å²) in [6.07, 6.45) is 2.15. The van der Waals surface area contributed by atoms with E-state index in [9.17, 15) is 23.1 Å². The fraction of sp³-hybridized carbons (Fsp3) is 0.435. The number of likely N-dealkylation sites (tertiary alicyclic amines) is 1. The molecule has 9 nitrogen and oxygen atoms in total. The van der Waals surface area contributed by atoms with Crippen LogP contribution < -0.4 is 4.90 Å². The van der Waals surface area contributed by atoms with Crippen LogP contribution in [0.4, 0.5) is 19.0 Å². The fourth-order valence-corrected chi connectivity index (χ4v) is 4.82. The van der Waals surface area contributed by atoms with Crippen LogP contribution in [0.15, 0.2) is 49.1 Å². The summed E-state index contributed by atoms with van der Waals surface area (Å²) in [7, 11) is 0. The Hall–Kier alpha value is -3.54. The molecule has 5 rings (SSSR count). The van der Waals surface area contributed by atoms with Gasteiger partial charge < -0.3 is 14.9 Å². The Morgan fingerprint density at radius 3 is 2.46 bits per heavy atom. The highest BCUT2D eigenvalue weighted by Gasteiger charge is 2.52. The van der Waals surface area contributed by atoms with Crippen LogP contribution >= 0.6 is 0 Å². The summed E-state index contributed by atoms with van der Waals surface area (Å²) in [5.74, 6) is 0.627. The van der Waals surface area contributed by atoms with Crippen molar-refractivity contribution >= 4 is 11.7 Å². The Bertz CT molecular complexity index is 1200. The third-order valence-corrected chi connectivity index (χ3v) is 6.90. The number of hydrogen-bond acceptors (Lipinski definition) is 7. The molecule has 184 valence electrons. The summed E-state index contributed by atoms with van der Waals surface area (Å²) in [6.45, 7) is 2.38. The third-order valence-electron chi connectivity index (χ3n) is 6.90. The molecule has 35 heavy (non-hydrogen) atoms. The van der Waals surface area contributed by atoms with E-state index in [1.807, 2.05) is 11.0 Å². The van der Waals surface area contributed by atoms with E-state index in [1.54, 1.807) is 35.5 Å². The van der Waals surface area contributed by atoms with Crippen molar-refractivity contribution in [3.63, 3.8) is 0 Å². The van der Waals surface area contributed by atoms with E-state index >= 15 is 0 Å². The van der Waals surface area contributed by atoms with Crippen molar-refractivity contribution in [3.8, 4) is 5.69 Å². The number of hydrogen-bond donors (Lipinski definition) is 1. The first kappa shape index (κ1) is 23.2. The number of carbonyl (C=O) groups is 1. The van der Waals surface area contributed by atoms with Gasteiger partial charge in [-0.1, -0.05) is 12.1 Å². The van der Waals surface area contributed by atoms with Crippen molar-refractivity contribution in [2.75, 3.05) is 24.5 Å². The van der Waals surface area contributed by atoms with Gasteiger partial charge in [0.15, 0.2) is 0 Å². The number of piperidine rings is 1. The Balaban J connectivity index is 1.36. The van der Waals surface area contributed by atoms with Gasteiger partial charge in [-0.3, -0.25) is 9.78 Å². The van der Waals surface area contributed by atoms with Crippen LogP contribution in [0, 0.1) is 5.92 Å². The van der Waals surface area contributed by atoms with Crippen molar-refractivity contribution in [2.45, 2.75) is 37.6 Å². The molecule has 3 aromatic rings. The predicted octanol–water partition coefficient (Wildman–Crippen LogP) is 2.57. The Morgan fingerprint density at radius 1 is 1.06 bits per heavy atom. The molecule has 1 aromatic carbocycles. The van der Waals surface area contributed by atoms with E-state index in [2.05, 4.69) is 20.2 Å². The van der Waals surface area contributed by atoms with Crippen molar-refractivity contribution in [2.24, 2.45) is 5.92 Å². The highest BCUT2D eigenvalue weighted by Crippen LogP contribution is 2.38. The second kappa shape index (κ2) is 8.59. The number of para-hydroxylation sites is 1. The van der Waals surface area contributed by atoms with Gasteiger partial charge in [0.05, 0.1) is 47.8 Å². The molecule has 3 atom stereocenters. The molecule has 0 radical (unpaired) electrons. The smallest absolute Gasteiger partial charge is 0.375 e. The lowest BCUT2D eigenvalue weighted by molar-refractivity contribution is -0.260. The zero-order valence-electron chi connectivity index (χ0n) is 18.9. The number of amides is 1. The fourth-order valence-electron chi connectivity index (χ4n) is 4.82. The molecule has 1 unspecified atom stereocenters. The van der Waals surface area contributed by atoms with Crippen LogP contribution in [-0.2, 0) is 5.60 Å². The minimum atomic E-state index is -4.87. The van der Waals surface area contributed by atoms with E-state index in [0.29, 0.717) is 49.5 Å². The summed E-state index contributed by atoms with van der Waals surface area (Å²) in [5, 5.41) is 18.1. The molecule has 0 saturated carbocycles. The number of alkyl halides is 3. The summed E-state index contributed by atoms with van der Waals surface area (Å²) in [6, 6.07) is 7.11. The first-order chi connectivity index (χ1) is 16.7. The molecule has 2 saturated heterocycles. The third kappa shape index (κ3) is 4.11. The van der Waals surface area contributed by atoms with E-state index in [1.165, 1.54) is 11.0 Å². The van der Waals surface area contributed by atoms with Gasteiger partial charge in [-0.15, -0.1) is 0 Å². The average Bonchev–Trinajstić information content (AvgIpc) is 3.53. The number of carbonyl (C=O) groups excluding carboxylic acids is 1. The summed E-state index contributed by atoms with van der Waals surface area (Å²) in [5.41, 5.74) is -2.57. The molecule has 4 heterocycles. The monoisotopic (exact) mass is 487 g/mol. The zero-order valence-corrected chi connectivity index (χ0v) is 18.9. The Labute approximate surface area is 199 Å². The highest BCUT2D eigenvalue weighted by atomic mass is 19.4. The molecule has 1 amide bonds. The average molecular weight is 487 g/mol. The van der Waals surface area contributed by atoms with Crippen molar-refractivity contribution in [3.05, 3.63) is 60.3 Å². The first-order valence-electron chi connectivity index (χ1n) is 11.3. The lowest BCUT2D eigenvalue weighted by Gasteiger charge is -2.39. The van der Waals surface area contributed by atoms with Crippen LogP contribution in [-0.4, -0.2) is 72.7 Å². The van der Waals surface area contributed by atoms with Gasteiger partial charge in [-0.25, -0.2) is 4.98 Å². The normalized spacial score (nSPS) is 22.1. The van der Waals surface area contributed by atoms with Gasteiger partial charge in [-0.2, -0.15) is 28.2 Å². The van der Waals surface area contributed by atoms with Crippen molar-refractivity contribution in [1.29, 1.82) is 0 Å². The number of aliphatic hydroxyl groups is 1. The summed E-state index contributed by atoms with van der Waals surface area (Å²) >= 11 is 0. The number of fused-ring (bicyclic) bond motifs is 1. The molecular formula is C23H24F3N7O2. The van der Waals surface area contributed by atoms with Gasteiger partial charge >= 0.3 is 6.18 Å². The molecule has 2 fully saturated rings. The summed E-state index contributed by atoms with van der Waals surface area (Å²) < 4.78 is 39.4. The molecule has 0 bridgehead atoms. The molecule has 2 aromatic heterocycles. The first-order valence-corrected chi connectivity index (χ1v) is 11.3. The van der Waals surface area contributed by atoms with Gasteiger partial charge in [-0.05, 0) is 37.8 Å². The number of aromatic nitrogens is 5. The van der Waals surface area contributed by atoms with Gasteiger partial charge in [0.25, 0.3) is 5.91 Å². The second-order valence-corrected chi connectivity index (χ2v) is 9.01. The van der Waals surface area contributed by atoms with Gasteiger partial charge in [0.1, 0.15) is 5.82 Å². The number of halogens is 3. The Morgan fingerprint density at radius 2 is 1.77 bits per heavy atom. The van der Waals surface area contributed by atoms with E-state index < -0.39 is 17.5 Å². The lowest BCUT2D eigenvalue weighted by Crippen LogP contribution is -2.50. The molecule has 1 N–H and O–H groups in total. The molecule has 12 heteroatoms. The van der Waals surface area contributed by atoms with E-state index in [4.69, 9.17) is 0 Å². The van der Waals surface area contributed by atoms with Crippen LogP contribution in [0.2, 0.25) is 0 Å². The topological polar surface area (TPSA) is 100 Å².